The van der Waals surface area contributed by atoms with Crippen molar-refractivity contribution in [3.8, 4) is 11.5 Å². The summed E-state index contributed by atoms with van der Waals surface area (Å²) >= 11 is 8.17. The molecule has 2 rings (SSSR count). The fourth-order valence-corrected chi connectivity index (χ4v) is 2.49. The van der Waals surface area contributed by atoms with Crippen LogP contribution in [0, 0.1) is 0 Å². The average molecular weight is 376 g/mol. The minimum Gasteiger partial charge on any atom is -0.457 e. The van der Waals surface area contributed by atoms with E-state index >= 15 is 0 Å². The number of benzene rings is 2. The van der Waals surface area contributed by atoms with Gasteiger partial charge in [0.15, 0.2) is 0 Å². The van der Waals surface area contributed by atoms with Gasteiger partial charge < -0.3 is 10.5 Å². The maximum Gasteiger partial charge on any atom is 0.416 e. The first kappa shape index (κ1) is 15.8. The Morgan fingerprint density at radius 3 is 2.10 bits per heavy atom. The topological polar surface area (TPSA) is 35.2 Å². The van der Waals surface area contributed by atoms with Gasteiger partial charge >= 0.3 is 6.18 Å². The predicted octanol–water partition coefficient (Wildman–Crippen LogP) is 4.89. The number of thiocarbonyl (C=S) groups is 1. The lowest BCUT2D eigenvalue weighted by molar-refractivity contribution is -0.137. The molecule has 2 aromatic rings. The Bertz CT molecular complexity index is 671. The van der Waals surface area contributed by atoms with Crippen LogP contribution < -0.4 is 10.5 Å². The van der Waals surface area contributed by atoms with Crippen LogP contribution in [0.15, 0.2) is 46.9 Å². The van der Waals surface area contributed by atoms with E-state index in [0.717, 1.165) is 12.1 Å². The number of alkyl halides is 3. The Balaban J connectivity index is 2.19. The molecule has 2 aromatic carbocycles. The summed E-state index contributed by atoms with van der Waals surface area (Å²) < 4.78 is 43.5. The molecule has 0 aliphatic heterocycles. The van der Waals surface area contributed by atoms with Crippen molar-refractivity contribution >= 4 is 33.1 Å². The number of ether oxygens (including phenoxy) is 1. The van der Waals surface area contributed by atoms with E-state index in [2.05, 4.69) is 15.9 Å². The fraction of sp³-hybridized carbons (Fsp3) is 0.0714. The summed E-state index contributed by atoms with van der Waals surface area (Å²) in [6.45, 7) is 0. The van der Waals surface area contributed by atoms with E-state index in [1.54, 1.807) is 18.2 Å². The van der Waals surface area contributed by atoms with Gasteiger partial charge in [-0.15, -0.1) is 0 Å². The van der Waals surface area contributed by atoms with E-state index in [1.165, 1.54) is 12.1 Å². The third-order valence-electron chi connectivity index (χ3n) is 2.62. The zero-order valence-corrected chi connectivity index (χ0v) is 12.8. The summed E-state index contributed by atoms with van der Waals surface area (Å²) in [5, 5.41) is 0. The first-order valence-electron chi connectivity index (χ1n) is 5.72. The van der Waals surface area contributed by atoms with E-state index in [0.29, 0.717) is 21.5 Å². The highest BCUT2D eigenvalue weighted by Crippen LogP contribution is 2.32. The number of halogens is 4. The van der Waals surface area contributed by atoms with Gasteiger partial charge in [0.25, 0.3) is 0 Å². The highest BCUT2D eigenvalue weighted by Gasteiger charge is 2.30. The smallest absolute Gasteiger partial charge is 0.416 e. The molecule has 0 heterocycles. The summed E-state index contributed by atoms with van der Waals surface area (Å²) in [4.78, 5) is 0.239. The molecule has 21 heavy (non-hydrogen) atoms. The van der Waals surface area contributed by atoms with Gasteiger partial charge in [0.1, 0.15) is 16.5 Å². The predicted molar refractivity (Wildman–Crippen MR) is 81.5 cm³/mol. The minimum absolute atomic E-state index is 0.239. The van der Waals surface area contributed by atoms with E-state index in [9.17, 15) is 13.2 Å². The summed E-state index contributed by atoms with van der Waals surface area (Å²) in [6.07, 6.45) is -4.36. The highest BCUT2D eigenvalue weighted by atomic mass is 79.9. The molecule has 2 N–H and O–H groups in total. The van der Waals surface area contributed by atoms with Crippen molar-refractivity contribution in [3.05, 3.63) is 58.1 Å². The van der Waals surface area contributed by atoms with E-state index < -0.39 is 11.7 Å². The van der Waals surface area contributed by atoms with Crippen LogP contribution in [-0.2, 0) is 6.18 Å². The second kappa shape index (κ2) is 6.03. The molecule has 0 fully saturated rings. The lowest BCUT2D eigenvalue weighted by Gasteiger charge is -2.10. The van der Waals surface area contributed by atoms with Gasteiger partial charge in [-0.2, -0.15) is 13.2 Å². The van der Waals surface area contributed by atoms with E-state index in [4.69, 9.17) is 22.7 Å². The molecular weight excluding hydrogens is 367 g/mol. The number of rotatable bonds is 3. The molecule has 0 aliphatic carbocycles. The monoisotopic (exact) mass is 375 g/mol. The third-order valence-corrected chi connectivity index (χ3v) is 3.50. The van der Waals surface area contributed by atoms with E-state index in [-0.39, 0.29) is 4.99 Å². The summed E-state index contributed by atoms with van der Waals surface area (Å²) in [5.74, 6) is 0.764. The van der Waals surface area contributed by atoms with Crippen molar-refractivity contribution < 1.29 is 17.9 Å². The second-order valence-electron chi connectivity index (χ2n) is 4.13. The van der Waals surface area contributed by atoms with Gasteiger partial charge in [0, 0.05) is 10.0 Å². The molecule has 0 bridgehead atoms. The quantitative estimate of drug-likeness (QED) is 0.775. The number of nitrogens with two attached hydrogens (primary N) is 1. The number of hydrogen-bond donors (Lipinski definition) is 1. The zero-order chi connectivity index (χ0) is 15.6. The Hall–Kier alpha value is -1.60. The molecule has 110 valence electrons. The van der Waals surface area contributed by atoms with Gasteiger partial charge in [-0.05, 0) is 58.4 Å². The van der Waals surface area contributed by atoms with Crippen LogP contribution >= 0.6 is 28.1 Å². The first-order chi connectivity index (χ1) is 9.77. The van der Waals surface area contributed by atoms with Crippen LogP contribution in [0.3, 0.4) is 0 Å². The molecule has 0 amide bonds. The normalized spacial score (nSPS) is 11.2. The molecular formula is C14H9BrF3NOS. The molecule has 0 atom stereocenters. The Morgan fingerprint density at radius 1 is 1.05 bits per heavy atom. The van der Waals surface area contributed by atoms with Crippen molar-refractivity contribution in [1.82, 2.24) is 0 Å². The average Bonchev–Trinajstić information content (AvgIpc) is 2.38. The minimum atomic E-state index is -4.36. The molecule has 0 saturated heterocycles. The van der Waals surface area contributed by atoms with Crippen LogP contribution in [0.2, 0.25) is 0 Å². The van der Waals surface area contributed by atoms with Crippen LogP contribution in [0.5, 0.6) is 11.5 Å². The van der Waals surface area contributed by atoms with Crippen molar-refractivity contribution in [2.75, 3.05) is 0 Å². The molecule has 0 spiro atoms. The zero-order valence-electron chi connectivity index (χ0n) is 10.4. The number of hydrogen-bond acceptors (Lipinski definition) is 2. The standard InChI is InChI=1S/C14H9BrF3NOS/c15-12-7-10(5-6-11(12)13(19)21)20-9-3-1-8(2-4-9)14(16,17)18/h1-7H,(H2,19,21). The largest absolute Gasteiger partial charge is 0.457 e. The lowest BCUT2D eigenvalue weighted by Crippen LogP contribution is -2.09. The Kier molecular flexibility index (Phi) is 4.53. The SMILES string of the molecule is NC(=S)c1ccc(Oc2ccc(C(F)(F)F)cc2)cc1Br. The van der Waals surface area contributed by atoms with Gasteiger partial charge in [-0.1, -0.05) is 12.2 Å². The van der Waals surface area contributed by atoms with Crippen molar-refractivity contribution in [3.63, 3.8) is 0 Å². The maximum atomic E-state index is 12.4. The van der Waals surface area contributed by atoms with Crippen molar-refractivity contribution in [1.29, 1.82) is 0 Å². The summed E-state index contributed by atoms with van der Waals surface area (Å²) in [7, 11) is 0. The molecule has 7 heteroatoms. The van der Waals surface area contributed by atoms with Crippen LogP contribution in [-0.4, -0.2) is 4.99 Å². The molecule has 0 unspecified atom stereocenters. The van der Waals surface area contributed by atoms with Crippen LogP contribution in [0.25, 0.3) is 0 Å². The second-order valence-corrected chi connectivity index (χ2v) is 5.42. The molecule has 0 radical (unpaired) electrons. The highest BCUT2D eigenvalue weighted by molar-refractivity contribution is 9.10. The van der Waals surface area contributed by atoms with E-state index in [1.807, 2.05) is 0 Å². The molecule has 0 aliphatic rings. The van der Waals surface area contributed by atoms with Crippen molar-refractivity contribution in [2.45, 2.75) is 6.18 Å². The fourth-order valence-electron chi connectivity index (χ4n) is 1.61. The van der Waals surface area contributed by atoms with Crippen molar-refractivity contribution in [2.24, 2.45) is 5.73 Å². The van der Waals surface area contributed by atoms with Gasteiger partial charge in [-0.3, -0.25) is 0 Å². The third kappa shape index (κ3) is 3.95. The maximum absolute atomic E-state index is 12.4. The summed E-state index contributed by atoms with van der Waals surface area (Å²) in [5.41, 5.74) is 5.46. The van der Waals surface area contributed by atoms with Gasteiger partial charge in [0.2, 0.25) is 0 Å². The first-order valence-corrected chi connectivity index (χ1v) is 6.92. The molecule has 0 saturated carbocycles. The summed E-state index contributed by atoms with van der Waals surface area (Å²) in [6, 6.07) is 9.41. The molecule has 0 aromatic heterocycles. The lowest BCUT2D eigenvalue weighted by atomic mass is 10.2. The Labute approximate surface area is 132 Å². The Morgan fingerprint density at radius 2 is 1.62 bits per heavy atom. The van der Waals surface area contributed by atoms with Crippen LogP contribution in [0.4, 0.5) is 13.2 Å². The van der Waals surface area contributed by atoms with Crippen LogP contribution in [0.1, 0.15) is 11.1 Å². The van der Waals surface area contributed by atoms with Gasteiger partial charge in [-0.25, -0.2) is 0 Å². The van der Waals surface area contributed by atoms with Gasteiger partial charge in [0.05, 0.1) is 5.56 Å². The molecule has 2 nitrogen and oxygen atoms in total.